The van der Waals surface area contributed by atoms with E-state index in [9.17, 15) is 9.18 Å². The Bertz CT molecular complexity index is 1120. The van der Waals surface area contributed by atoms with Gasteiger partial charge in [-0.1, -0.05) is 0 Å². The predicted molar refractivity (Wildman–Crippen MR) is 119 cm³/mol. The number of carbonyl (C=O) groups excluding carboxylic acids is 1. The van der Waals surface area contributed by atoms with E-state index in [0.717, 1.165) is 41.3 Å². The molecule has 2 aliphatic heterocycles. The molecule has 5 rings (SSSR count). The van der Waals surface area contributed by atoms with Gasteiger partial charge in [-0.25, -0.2) is 14.4 Å². The SMILES string of the molecule is Cc1cc2nc(N[C@@H](C)c3cncc(F)c3)nc(C(=O)N3CC(N4CCCC4)C3)c2s1. The van der Waals surface area contributed by atoms with Crippen molar-refractivity contribution in [1.29, 1.82) is 0 Å². The minimum absolute atomic E-state index is 0.0483. The molecule has 0 aromatic carbocycles. The number of halogens is 1. The van der Waals surface area contributed by atoms with Gasteiger partial charge in [0.15, 0.2) is 5.69 Å². The van der Waals surface area contributed by atoms with Gasteiger partial charge in [-0.2, -0.15) is 0 Å². The number of aromatic nitrogens is 3. The van der Waals surface area contributed by atoms with Gasteiger partial charge < -0.3 is 10.2 Å². The van der Waals surface area contributed by atoms with Gasteiger partial charge in [0.1, 0.15) is 5.82 Å². The molecule has 31 heavy (non-hydrogen) atoms. The van der Waals surface area contributed by atoms with Crippen LogP contribution in [0.2, 0.25) is 0 Å². The van der Waals surface area contributed by atoms with Gasteiger partial charge in [-0.05, 0) is 57.5 Å². The van der Waals surface area contributed by atoms with Crippen molar-refractivity contribution in [2.24, 2.45) is 0 Å². The molecule has 0 radical (unpaired) electrons. The van der Waals surface area contributed by atoms with Crippen LogP contribution in [0.3, 0.4) is 0 Å². The van der Waals surface area contributed by atoms with E-state index < -0.39 is 5.82 Å². The van der Waals surface area contributed by atoms with Gasteiger partial charge >= 0.3 is 0 Å². The first-order valence-electron chi connectivity index (χ1n) is 10.7. The average Bonchev–Trinajstić information content (AvgIpc) is 3.35. The maximum absolute atomic E-state index is 13.6. The van der Waals surface area contributed by atoms with Gasteiger partial charge in [-0.15, -0.1) is 11.3 Å². The molecule has 162 valence electrons. The van der Waals surface area contributed by atoms with Crippen LogP contribution < -0.4 is 5.32 Å². The summed E-state index contributed by atoms with van der Waals surface area (Å²) in [5, 5.41) is 3.21. The summed E-state index contributed by atoms with van der Waals surface area (Å²) in [5.41, 5.74) is 1.88. The van der Waals surface area contributed by atoms with Crippen LogP contribution in [-0.4, -0.2) is 62.9 Å². The summed E-state index contributed by atoms with van der Waals surface area (Å²) in [6.45, 7) is 7.67. The molecule has 0 spiro atoms. The zero-order chi connectivity index (χ0) is 21.5. The molecule has 3 aromatic heterocycles. The molecule has 1 atom stereocenters. The Labute approximate surface area is 184 Å². The van der Waals surface area contributed by atoms with E-state index in [2.05, 4.69) is 25.2 Å². The second kappa shape index (κ2) is 8.12. The molecular weight excluding hydrogens is 415 g/mol. The summed E-state index contributed by atoms with van der Waals surface area (Å²) >= 11 is 1.54. The third kappa shape index (κ3) is 3.99. The number of nitrogens with one attached hydrogen (secondary N) is 1. The van der Waals surface area contributed by atoms with Crippen molar-refractivity contribution in [2.75, 3.05) is 31.5 Å². The predicted octanol–water partition coefficient (Wildman–Crippen LogP) is 3.63. The van der Waals surface area contributed by atoms with Gasteiger partial charge in [0, 0.05) is 30.2 Å². The van der Waals surface area contributed by atoms with Crippen LogP contribution in [0.4, 0.5) is 10.3 Å². The number of aryl methyl sites for hydroxylation is 1. The smallest absolute Gasteiger partial charge is 0.274 e. The first kappa shape index (κ1) is 20.3. The fraction of sp³-hybridized carbons (Fsp3) is 0.455. The largest absolute Gasteiger partial charge is 0.348 e. The molecule has 2 aliphatic rings. The average molecular weight is 441 g/mol. The molecular formula is C22H25FN6OS. The lowest BCUT2D eigenvalue weighted by Gasteiger charge is -2.43. The summed E-state index contributed by atoms with van der Waals surface area (Å²) in [6, 6.07) is 3.61. The van der Waals surface area contributed by atoms with Gasteiger partial charge in [-0.3, -0.25) is 14.7 Å². The maximum Gasteiger partial charge on any atom is 0.274 e. The number of hydrogen-bond acceptors (Lipinski definition) is 7. The van der Waals surface area contributed by atoms with Crippen molar-refractivity contribution in [3.63, 3.8) is 0 Å². The summed E-state index contributed by atoms with van der Waals surface area (Å²) in [6.07, 6.45) is 5.28. The van der Waals surface area contributed by atoms with Crippen molar-refractivity contribution in [2.45, 2.75) is 38.8 Å². The number of anilines is 1. The standard InChI is InChI=1S/C22H25FN6OS/c1-13-7-18-20(31-13)19(21(30)29-11-17(12-29)28-5-3-4-6-28)27-22(26-18)25-14(2)15-8-16(23)10-24-9-15/h7-10,14,17H,3-6,11-12H2,1-2H3,(H,25,26,27)/t14-/m0/s1. The lowest BCUT2D eigenvalue weighted by Crippen LogP contribution is -2.60. The Morgan fingerprint density at radius 2 is 2.00 bits per heavy atom. The summed E-state index contributed by atoms with van der Waals surface area (Å²) in [7, 11) is 0. The Balaban J connectivity index is 1.39. The first-order valence-corrected chi connectivity index (χ1v) is 11.5. The highest BCUT2D eigenvalue weighted by atomic mass is 32.1. The minimum Gasteiger partial charge on any atom is -0.348 e. The van der Waals surface area contributed by atoms with Crippen LogP contribution in [0.15, 0.2) is 24.5 Å². The second-order valence-electron chi connectivity index (χ2n) is 8.38. The number of pyridine rings is 1. The van der Waals surface area contributed by atoms with Gasteiger partial charge in [0.25, 0.3) is 5.91 Å². The summed E-state index contributed by atoms with van der Waals surface area (Å²) in [4.78, 5) is 31.8. The molecule has 1 amide bonds. The fourth-order valence-corrected chi connectivity index (χ4v) is 5.24. The van der Waals surface area contributed by atoms with Crippen LogP contribution in [-0.2, 0) is 0 Å². The molecule has 0 aliphatic carbocycles. The van der Waals surface area contributed by atoms with E-state index in [4.69, 9.17) is 0 Å². The number of carbonyl (C=O) groups is 1. The monoisotopic (exact) mass is 440 g/mol. The van der Waals surface area contributed by atoms with Gasteiger partial charge in [0.2, 0.25) is 5.95 Å². The molecule has 2 fully saturated rings. The van der Waals surface area contributed by atoms with Crippen molar-refractivity contribution in [3.8, 4) is 0 Å². The Hall–Kier alpha value is -2.65. The summed E-state index contributed by atoms with van der Waals surface area (Å²) in [5.74, 6) is -0.0768. The number of likely N-dealkylation sites (tertiary alicyclic amines) is 2. The number of fused-ring (bicyclic) bond motifs is 1. The van der Waals surface area contributed by atoms with Crippen LogP contribution >= 0.6 is 11.3 Å². The molecule has 0 saturated carbocycles. The van der Waals surface area contributed by atoms with Crippen LogP contribution in [0.25, 0.3) is 10.2 Å². The van der Waals surface area contributed by atoms with Crippen molar-refractivity contribution in [1.82, 2.24) is 24.8 Å². The number of amides is 1. The zero-order valence-electron chi connectivity index (χ0n) is 17.6. The van der Waals surface area contributed by atoms with Crippen molar-refractivity contribution < 1.29 is 9.18 Å². The number of thiophene rings is 1. The van der Waals surface area contributed by atoms with E-state index in [-0.39, 0.29) is 11.9 Å². The number of rotatable bonds is 5. The van der Waals surface area contributed by atoms with Crippen molar-refractivity contribution >= 4 is 33.4 Å². The van der Waals surface area contributed by atoms with Crippen molar-refractivity contribution in [3.05, 3.63) is 46.5 Å². The normalized spacial score (nSPS) is 18.4. The highest BCUT2D eigenvalue weighted by Gasteiger charge is 2.37. The maximum atomic E-state index is 13.6. The van der Waals surface area contributed by atoms with E-state index in [0.29, 0.717) is 23.2 Å². The Kier molecular flexibility index (Phi) is 5.31. The molecule has 7 nitrogen and oxygen atoms in total. The highest BCUT2D eigenvalue weighted by Crippen LogP contribution is 2.30. The second-order valence-corrected chi connectivity index (χ2v) is 9.63. The molecule has 0 unspecified atom stereocenters. The molecule has 1 N–H and O–H groups in total. The third-order valence-corrected chi connectivity index (χ3v) is 7.12. The number of nitrogens with zero attached hydrogens (tertiary/aromatic N) is 5. The number of hydrogen-bond donors (Lipinski definition) is 1. The van der Waals surface area contributed by atoms with Crippen LogP contribution in [0, 0.1) is 12.7 Å². The van der Waals surface area contributed by atoms with E-state index >= 15 is 0 Å². The lowest BCUT2D eigenvalue weighted by atomic mass is 10.1. The Morgan fingerprint density at radius 1 is 1.23 bits per heavy atom. The van der Waals surface area contributed by atoms with Gasteiger partial charge in [0.05, 0.1) is 22.5 Å². The zero-order valence-corrected chi connectivity index (χ0v) is 18.5. The van der Waals surface area contributed by atoms with E-state index in [1.165, 1.54) is 25.1 Å². The van der Waals surface area contributed by atoms with E-state index in [1.54, 1.807) is 17.5 Å². The molecule has 5 heterocycles. The quantitative estimate of drug-likeness (QED) is 0.653. The third-order valence-electron chi connectivity index (χ3n) is 6.08. The Morgan fingerprint density at radius 3 is 2.74 bits per heavy atom. The topological polar surface area (TPSA) is 74.2 Å². The highest BCUT2D eigenvalue weighted by molar-refractivity contribution is 7.19. The summed E-state index contributed by atoms with van der Waals surface area (Å²) < 4.78 is 14.4. The van der Waals surface area contributed by atoms with Crippen LogP contribution in [0.1, 0.15) is 46.7 Å². The molecule has 9 heteroatoms. The molecule has 0 bridgehead atoms. The fourth-order valence-electron chi connectivity index (χ4n) is 4.31. The molecule has 3 aromatic rings. The van der Waals surface area contributed by atoms with Crippen LogP contribution in [0.5, 0.6) is 0 Å². The lowest BCUT2D eigenvalue weighted by molar-refractivity contribution is 0.0331. The minimum atomic E-state index is -0.391. The molecule has 2 saturated heterocycles. The first-order chi connectivity index (χ1) is 15.0. The van der Waals surface area contributed by atoms with E-state index in [1.807, 2.05) is 24.8 Å².